The molecule has 0 spiro atoms. The van der Waals surface area contributed by atoms with Gasteiger partial charge in [0.25, 0.3) is 5.91 Å². The van der Waals surface area contributed by atoms with E-state index in [1.807, 2.05) is 0 Å². The number of carbonyl (C=O) groups is 2. The minimum absolute atomic E-state index is 0.154. The second kappa shape index (κ2) is 6.17. The van der Waals surface area contributed by atoms with Gasteiger partial charge in [-0.2, -0.15) is 0 Å². The van der Waals surface area contributed by atoms with Crippen molar-refractivity contribution in [3.63, 3.8) is 0 Å². The highest BCUT2D eigenvalue weighted by molar-refractivity contribution is 6.08. The third-order valence-electron chi connectivity index (χ3n) is 2.82. The summed E-state index contributed by atoms with van der Waals surface area (Å²) in [5, 5.41) is 2.49. The van der Waals surface area contributed by atoms with Crippen LogP contribution >= 0.6 is 0 Å². The summed E-state index contributed by atoms with van der Waals surface area (Å²) in [6.45, 7) is 3.58. The number of ether oxygens (including phenoxy) is 1. The Kier molecular flexibility index (Phi) is 4.32. The number of carbonyl (C=O) groups excluding carboxylic acids is 2. The SMILES string of the molecule is CCOC(=O)c1c(NC(=O)c2ccncc2F)c[nH]c1C. The number of anilines is 1. The zero-order valence-corrected chi connectivity index (χ0v) is 11.6. The molecule has 0 aliphatic heterocycles. The molecule has 21 heavy (non-hydrogen) atoms. The highest BCUT2D eigenvalue weighted by atomic mass is 19.1. The molecule has 0 saturated carbocycles. The van der Waals surface area contributed by atoms with Crippen molar-refractivity contribution in [1.82, 2.24) is 9.97 Å². The highest BCUT2D eigenvalue weighted by Gasteiger charge is 2.20. The van der Waals surface area contributed by atoms with Gasteiger partial charge >= 0.3 is 5.97 Å². The lowest BCUT2D eigenvalue weighted by Crippen LogP contribution is -2.16. The maximum atomic E-state index is 13.5. The van der Waals surface area contributed by atoms with Gasteiger partial charge in [0.1, 0.15) is 5.56 Å². The van der Waals surface area contributed by atoms with Crippen molar-refractivity contribution in [1.29, 1.82) is 0 Å². The molecule has 2 rings (SSSR count). The molecule has 0 aromatic carbocycles. The number of H-pyrrole nitrogens is 1. The van der Waals surface area contributed by atoms with E-state index in [0.717, 1.165) is 6.20 Å². The third-order valence-corrected chi connectivity index (χ3v) is 2.82. The van der Waals surface area contributed by atoms with Crippen LogP contribution in [0, 0.1) is 12.7 Å². The van der Waals surface area contributed by atoms with Gasteiger partial charge < -0.3 is 15.0 Å². The average molecular weight is 291 g/mol. The fourth-order valence-corrected chi connectivity index (χ4v) is 1.84. The van der Waals surface area contributed by atoms with E-state index < -0.39 is 17.7 Å². The second-order valence-corrected chi connectivity index (χ2v) is 4.23. The summed E-state index contributed by atoms with van der Waals surface area (Å²) in [6.07, 6.45) is 3.72. The summed E-state index contributed by atoms with van der Waals surface area (Å²) in [6, 6.07) is 1.26. The molecular weight excluding hydrogens is 277 g/mol. The summed E-state index contributed by atoms with van der Waals surface area (Å²) in [4.78, 5) is 30.3. The summed E-state index contributed by atoms with van der Waals surface area (Å²) in [7, 11) is 0. The topological polar surface area (TPSA) is 84.1 Å². The lowest BCUT2D eigenvalue weighted by atomic mass is 10.2. The largest absolute Gasteiger partial charge is 0.462 e. The van der Waals surface area contributed by atoms with Gasteiger partial charge in [-0.15, -0.1) is 0 Å². The van der Waals surface area contributed by atoms with Crippen LogP contribution in [0.3, 0.4) is 0 Å². The van der Waals surface area contributed by atoms with Crippen molar-refractivity contribution in [3.8, 4) is 0 Å². The summed E-state index contributed by atoms with van der Waals surface area (Å²) in [5.41, 5.74) is 0.865. The molecule has 0 atom stereocenters. The van der Waals surface area contributed by atoms with Crippen molar-refractivity contribution < 1.29 is 18.7 Å². The predicted molar refractivity (Wildman–Crippen MR) is 73.6 cm³/mol. The Hall–Kier alpha value is -2.70. The van der Waals surface area contributed by atoms with Crippen molar-refractivity contribution in [2.45, 2.75) is 13.8 Å². The maximum Gasteiger partial charge on any atom is 0.342 e. The molecular formula is C14H14FN3O3. The first kappa shape index (κ1) is 14.7. The lowest BCUT2D eigenvalue weighted by molar-refractivity contribution is 0.0527. The van der Waals surface area contributed by atoms with Gasteiger partial charge in [-0.25, -0.2) is 9.18 Å². The Balaban J connectivity index is 2.27. The van der Waals surface area contributed by atoms with Gasteiger partial charge in [0, 0.05) is 18.1 Å². The molecule has 1 amide bonds. The first-order chi connectivity index (χ1) is 10.0. The van der Waals surface area contributed by atoms with Crippen LogP contribution in [0.15, 0.2) is 24.7 Å². The first-order valence-electron chi connectivity index (χ1n) is 6.30. The number of aryl methyl sites for hydroxylation is 1. The molecule has 2 aromatic rings. The van der Waals surface area contributed by atoms with Crippen LogP contribution in [0.25, 0.3) is 0 Å². The van der Waals surface area contributed by atoms with Crippen LogP contribution in [-0.4, -0.2) is 28.5 Å². The fourth-order valence-electron chi connectivity index (χ4n) is 1.84. The van der Waals surface area contributed by atoms with Gasteiger partial charge in [-0.3, -0.25) is 9.78 Å². The number of nitrogens with one attached hydrogen (secondary N) is 2. The van der Waals surface area contributed by atoms with Gasteiger partial charge in [0.15, 0.2) is 5.82 Å². The van der Waals surface area contributed by atoms with E-state index in [9.17, 15) is 14.0 Å². The van der Waals surface area contributed by atoms with E-state index in [4.69, 9.17) is 4.74 Å². The number of hydrogen-bond donors (Lipinski definition) is 2. The molecule has 7 heteroatoms. The number of amides is 1. The zero-order valence-electron chi connectivity index (χ0n) is 11.6. The predicted octanol–water partition coefficient (Wildman–Crippen LogP) is 2.29. The summed E-state index contributed by atoms with van der Waals surface area (Å²) >= 11 is 0. The van der Waals surface area contributed by atoms with E-state index in [0.29, 0.717) is 5.69 Å². The zero-order chi connectivity index (χ0) is 15.4. The van der Waals surface area contributed by atoms with Crippen LogP contribution in [0.4, 0.5) is 10.1 Å². The van der Waals surface area contributed by atoms with E-state index in [-0.39, 0.29) is 23.4 Å². The molecule has 0 aliphatic rings. The second-order valence-electron chi connectivity index (χ2n) is 4.23. The average Bonchev–Trinajstić information content (AvgIpc) is 2.80. The molecule has 0 saturated heterocycles. The summed E-state index contributed by atoms with van der Waals surface area (Å²) in [5.74, 6) is -1.96. The van der Waals surface area contributed by atoms with Crippen LogP contribution in [0.1, 0.15) is 33.3 Å². The number of pyridine rings is 1. The van der Waals surface area contributed by atoms with Gasteiger partial charge in [0.05, 0.1) is 24.1 Å². The number of hydrogen-bond acceptors (Lipinski definition) is 4. The smallest absolute Gasteiger partial charge is 0.342 e. The summed E-state index contributed by atoms with van der Waals surface area (Å²) < 4.78 is 18.4. The number of aromatic nitrogens is 2. The standard InChI is InChI=1S/C14H14FN3O3/c1-3-21-14(20)12-8(2)17-7-11(12)18-13(19)9-4-5-16-6-10(9)15/h4-7,17H,3H2,1-2H3,(H,18,19). The Bertz CT molecular complexity index is 682. The Morgan fingerprint density at radius 2 is 2.24 bits per heavy atom. The monoisotopic (exact) mass is 291 g/mol. The van der Waals surface area contributed by atoms with Crippen LogP contribution in [0.2, 0.25) is 0 Å². The molecule has 0 unspecified atom stereocenters. The van der Waals surface area contributed by atoms with Crippen molar-refractivity contribution in [2.75, 3.05) is 11.9 Å². The fraction of sp³-hybridized carbons (Fsp3) is 0.214. The molecule has 2 heterocycles. The maximum absolute atomic E-state index is 13.5. The van der Waals surface area contributed by atoms with E-state index in [2.05, 4.69) is 15.3 Å². The number of esters is 1. The molecule has 0 fully saturated rings. The van der Waals surface area contributed by atoms with E-state index in [1.54, 1.807) is 13.8 Å². The lowest BCUT2D eigenvalue weighted by Gasteiger charge is -2.07. The minimum atomic E-state index is -0.736. The number of rotatable bonds is 4. The molecule has 0 bridgehead atoms. The Morgan fingerprint density at radius 1 is 1.48 bits per heavy atom. The molecule has 110 valence electrons. The Labute approximate surface area is 120 Å². The van der Waals surface area contributed by atoms with Gasteiger partial charge in [0.2, 0.25) is 0 Å². The van der Waals surface area contributed by atoms with Gasteiger partial charge in [-0.05, 0) is 19.9 Å². The number of aromatic amines is 1. The van der Waals surface area contributed by atoms with Crippen molar-refractivity contribution in [2.24, 2.45) is 0 Å². The molecule has 0 radical (unpaired) electrons. The Morgan fingerprint density at radius 3 is 2.90 bits per heavy atom. The number of nitrogens with zero attached hydrogens (tertiary/aromatic N) is 1. The normalized spacial score (nSPS) is 10.2. The number of halogens is 1. The van der Waals surface area contributed by atoms with Gasteiger partial charge in [-0.1, -0.05) is 0 Å². The van der Waals surface area contributed by atoms with E-state index in [1.165, 1.54) is 18.5 Å². The first-order valence-corrected chi connectivity index (χ1v) is 6.30. The quantitative estimate of drug-likeness (QED) is 0.846. The van der Waals surface area contributed by atoms with E-state index >= 15 is 0 Å². The molecule has 6 nitrogen and oxygen atoms in total. The van der Waals surface area contributed by atoms with Crippen molar-refractivity contribution >= 4 is 17.6 Å². The minimum Gasteiger partial charge on any atom is -0.462 e. The highest BCUT2D eigenvalue weighted by Crippen LogP contribution is 2.21. The third kappa shape index (κ3) is 3.07. The van der Waals surface area contributed by atoms with Crippen LogP contribution in [-0.2, 0) is 4.74 Å². The van der Waals surface area contributed by atoms with Crippen LogP contribution in [0.5, 0.6) is 0 Å². The van der Waals surface area contributed by atoms with Crippen LogP contribution < -0.4 is 5.32 Å². The molecule has 2 aromatic heterocycles. The molecule has 0 aliphatic carbocycles. The molecule has 2 N–H and O–H groups in total. The van der Waals surface area contributed by atoms with Crippen molar-refractivity contribution in [3.05, 3.63) is 47.3 Å².